The Morgan fingerprint density at radius 3 is 2.48 bits per heavy atom. The third kappa shape index (κ3) is 4.31. The molecular formula is C23H23FN2O3. The second kappa shape index (κ2) is 8.47. The molecule has 1 saturated carbocycles. The maximum Gasteiger partial charge on any atom is 0.362 e. The number of para-hydroxylation sites is 1. The molecule has 0 aliphatic heterocycles. The first-order valence-electron chi connectivity index (χ1n) is 9.98. The highest BCUT2D eigenvalue weighted by molar-refractivity contribution is 6.08. The van der Waals surface area contributed by atoms with Gasteiger partial charge in [-0.3, -0.25) is 4.79 Å². The maximum atomic E-state index is 13.2. The predicted molar refractivity (Wildman–Crippen MR) is 112 cm³/mol. The Hall–Kier alpha value is -3.15. The zero-order valence-electron chi connectivity index (χ0n) is 16.0. The molecule has 0 atom stereocenters. The Morgan fingerprint density at radius 2 is 1.72 bits per heavy atom. The molecule has 1 aromatic heterocycles. The van der Waals surface area contributed by atoms with Gasteiger partial charge in [-0.15, -0.1) is 0 Å². The van der Waals surface area contributed by atoms with Crippen LogP contribution in [0.1, 0.15) is 42.5 Å². The third-order valence-electron chi connectivity index (χ3n) is 5.45. The van der Waals surface area contributed by atoms with Crippen LogP contribution in [0.4, 0.5) is 15.8 Å². The van der Waals surface area contributed by atoms with Gasteiger partial charge in [-0.1, -0.05) is 31.4 Å². The lowest BCUT2D eigenvalue weighted by Gasteiger charge is -2.23. The first-order valence-corrected chi connectivity index (χ1v) is 9.98. The van der Waals surface area contributed by atoms with E-state index in [-0.39, 0.29) is 11.3 Å². The number of fused-ring (bicyclic) bond motifs is 1. The highest BCUT2D eigenvalue weighted by Crippen LogP contribution is 2.31. The van der Waals surface area contributed by atoms with Crippen LogP contribution < -0.4 is 16.3 Å². The Kier molecular flexibility index (Phi) is 5.60. The number of carbonyl (C=O) groups excluding carboxylic acids is 1. The third-order valence-corrected chi connectivity index (χ3v) is 5.45. The van der Waals surface area contributed by atoms with E-state index in [1.54, 1.807) is 12.1 Å². The summed E-state index contributed by atoms with van der Waals surface area (Å²) in [4.78, 5) is 25.3. The molecule has 6 heteroatoms. The summed E-state index contributed by atoms with van der Waals surface area (Å²) in [6.07, 6.45) is 6.02. The average Bonchev–Trinajstić information content (AvgIpc) is 2.74. The molecule has 29 heavy (non-hydrogen) atoms. The average molecular weight is 394 g/mol. The first kappa shape index (κ1) is 19.2. The minimum absolute atomic E-state index is 0.0776. The number of benzene rings is 2. The van der Waals surface area contributed by atoms with Crippen molar-refractivity contribution in [3.05, 3.63) is 70.3 Å². The number of hydrogen-bond donors (Lipinski definition) is 2. The quantitative estimate of drug-likeness (QED) is 0.585. The number of halogens is 1. The lowest BCUT2D eigenvalue weighted by molar-refractivity contribution is 0.102. The number of amides is 1. The summed E-state index contributed by atoms with van der Waals surface area (Å²) in [7, 11) is 0. The van der Waals surface area contributed by atoms with Crippen molar-refractivity contribution in [2.45, 2.75) is 32.1 Å². The van der Waals surface area contributed by atoms with Gasteiger partial charge < -0.3 is 15.1 Å². The smallest absolute Gasteiger partial charge is 0.362 e. The van der Waals surface area contributed by atoms with Gasteiger partial charge in [0.1, 0.15) is 11.4 Å². The zero-order chi connectivity index (χ0) is 20.2. The standard InChI is InChI=1S/C23H23FN2O3/c24-17-12-10-16(11-13-17)22(27)26-21-20(25-14-15-6-2-1-3-7-15)18-8-4-5-9-19(18)29-23(21)28/h4-5,8-13,15,25H,1-3,6-7,14H2,(H,26,27). The van der Waals surface area contributed by atoms with Gasteiger partial charge in [0.25, 0.3) is 5.91 Å². The number of hydrogen-bond acceptors (Lipinski definition) is 4. The van der Waals surface area contributed by atoms with Crippen molar-refractivity contribution in [2.24, 2.45) is 5.92 Å². The van der Waals surface area contributed by atoms with Gasteiger partial charge in [0, 0.05) is 17.5 Å². The molecule has 5 nitrogen and oxygen atoms in total. The van der Waals surface area contributed by atoms with Gasteiger partial charge in [0.15, 0.2) is 5.69 Å². The summed E-state index contributed by atoms with van der Waals surface area (Å²) in [6.45, 7) is 0.729. The lowest BCUT2D eigenvalue weighted by Crippen LogP contribution is -2.23. The summed E-state index contributed by atoms with van der Waals surface area (Å²) < 4.78 is 18.6. The Labute approximate surface area is 167 Å². The number of nitrogens with one attached hydrogen (secondary N) is 2. The van der Waals surface area contributed by atoms with Crippen LogP contribution in [0.25, 0.3) is 11.0 Å². The van der Waals surface area contributed by atoms with Crippen LogP contribution >= 0.6 is 0 Å². The monoisotopic (exact) mass is 394 g/mol. The van der Waals surface area contributed by atoms with E-state index >= 15 is 0 Å². The number of anilines is 2. The molecule has 1 amide bonds. The summed E-state index contributed by atoms with van der Waals surface area (Å²) >= 11 is 0. The second-order valence-corrected chi connectivity index (χ2v) is 7.48. The largest absolute Gasteiger partial charge is 0.421 e. The van der Waals surface area contributed by atoms with E-state index in [1.165, 1.54) is 43.5 Å². The van der Waals surface area contributed by atoms with Crippen LogP contribution in [0, 0.1) is 11.7 Å². The van der Waals surface area contributed by atoms with E-state index < -0.39 is 17.3 Å². The molecule has 1 heterocycles. The van der Waals surface area contributed by atoms with E-state index in [0.29, 0.717) is 17.2 Å². The number of carbonyl (C=O) groups is 1. The lowest BCUT2D eigenvalue weighted by atomic mass is 9.89. The normalized spacial score (nSPS) is 14.7. The van der Waals surface area contributed by atoms with E-state index in [4.69, 9.17) is 4.42 Å². The minimum atomic E-state index is -0.620. The molecule has 1 aliphatic rings. The Morgan fingerprint density at radius 1 is 1.00 bits per heavy atom. The number of rotatable bonds is 5. The highest BCUT2D eigenvalue weighted by Gasteiger charge is 2.20. The second-order valence-electron chi connectivity index (χ2n) is 7.48. The van der Waals surface area contributed by atoms with E-state index in [0.717, 1.165) is 24.8 Å². The van der Waals surface area contributed by atoms with Gasteiger partial charge in [0.05, 0.1) is 5.69 Å². The fraction of sp³-hybridized carbons (Fsp3) is 0.304. The molecule has 0 bridgehead atoms. The van der Waals surface area contributed by atoms with Crippen LogP contribution in [0.5, 0.6) is 0 Å². The van der Waals surface area contributed by atoms with Crippen molar-refractivity contribution < 1.29 is 13.6 Å². The van der Waals surface area contributed by atoms with Crippen molar-refractivity contribution in [1.82, 2.24) is 0 Å². The van der Waals surface area contributed by atoms with Gasteiger partial charge in [-0.2, -0.15) is 0 Å². The highest BCUT2D eigenvalue weighted by atomic mass is 19.1. The van der Waals surface area contributed by atoms with Gasteiger partial charge in [-0.05, 0) is 55.2 Å². The fourth-order valence-corrected chi connectivity index (χ4v) is 3.87. The van der Waals surface area contributed by atoms with E-state index in [2.05, 4.69) is 10.6 Å². The molecule has 1 fully saturated rings. The molecule has 0 spiro atoms. The molecule has 150 valence electrons. The maximum absolute atomic E-state index is 13.2. The molecule has 1 aliphatic carbocycles. The fourth-order valence-electron chi connectivity index (χ4n) is 3.87. The predicted octanol–water partition coefficient (Wildman–Crippen LogP) is 5.18. The van der Waals surface area contributed by atoms with Crippen molar-refractivity contribution >= 4 is 28.3 Å². The van der Waals surface area contributed by atoms with Crippen molar-refractivity contribution in [2.75, 3.05) is 17.2 Å². The van der Waals surface area contributed by atoms with Crippen molar-refractivity contribution in [3.8, 4) is 0 Å². The minimum Gasteiger partial charge on any atom is -0.421 e. The molecule has 2 N–H and O–H groups in total. The molecular weight excluding hydrogens is 371 g/mol. The Bertz CT molecular complexity index is 1070. The molecule has 0 radical (unpaired) electrons. The molecule has 0 unspecified atom stereocenters. The molecule has 4 rings (SSSR count). The van der Waals surface area contributed by atoms with Crippen LogP contribution in [0.3, 0.4) is 0 Å². The SMILES string of the molecule is O=C(Nc1c(NCC2CCCCC2)c2ccccc2oc1=O)c1ccc(F)cc1. The van der Waals surface area contributed by atoms with Crippen LogP contribution in [-0.4, -0.2) is 12.5 Å². The van der Waals surface area contributed by atoms with E-state index in [9.17, 15) is 14.0 Å². The van der Waals surface area contributed by atoms with Crippen molar-refractivity contribution in [1.29, 1.82) is 0 Å². The molecule has 0 saturated heterocycles. The molecule has 3 aromatic rings. The summed E-state index contributed by atoms with van der Waals surface area (Å²) in [5.74, 6) is -0.384. The first-order chi connectivity index (χ1) is 14.1. The van der Waals surface area contributed by atoms with E-state index in [1.807, 2.05) is 12.1 Å². The van der Waals surface area contributed by atoms with Crippen LogP contribution in [-0.2, 0) is 0 Å². The summed E-state index contributed by atoms with van der Waals surface area (Å²) in [6, 6.07) is 12.4. The zero-order valence-corrected chi connectivity index (χ0v) is 16.0. The van der Waals surface area contributed by atoms with Gasteiger partial charge in [0.2, 0.25) is 0 Å². The van der Waals surface area contributed by atoms with Gasteiger partial charge >= 0.3 is 5.63 Å². The summed E-state index contributed by atoms with van der Waals surface area (Å²) in [5.41, 5.74) is 0.748. The molecule has 2 aromatic carbocycles. The van der Waals surface area contributed by atoms with Crippen molar-refractivity contribution in [3.63, 3.8) is 0 Å². The summed E-state index contributed by atoms with van der Waals surface area (Å²) in [5, 5.41) is 6.80. The van der Waals surface area contributed by atoms with Gasteiger partial charge in [-0.25, -0.2) is 9.18 Å². The Balaban J connectivity index is 1.67. The van der Waals surface area contributed by atoms with Crippen LogP contribution in [0.2, 0.25) is 0 Å². The van der Waals surface area contributed by atoms with Crippen LogP contribution in [0.15, 0.2) is 57.7 Å². The topological polar surface area (TPSA) is 71.3 Å².